The summed E-state index contributed by atoms with van der Waals surface area (Å²) in [6.45, 7) is 1.92. The molecule has 7 heteroatoms. The van der Waals surface area contributed by atoms with Crippen LogP contribution in [0.15, 0.2) is 52.1 Å². The normalized spacial score (nSPS) is 20.8. The van der Waals surface area contributed by atoms with E-state index in [4.69, 9.17) is 0 Å². The number of nitrogens with zero attached hydrogens (tertiary/aromatic N) is 3. The van der Waals surface area contributed by atoms with Gasteiger partial charge in [0, 0.05) is 42.7 Å². The van der Waals surface area contributed by atoms with E-state index in [1.807, 2.05) is 27.7 Å². The maximum Gasteiger partial charge on any atom is 0.272 e. The van der Waals surface area contributed by atoms with E-state index in [0.29, 0.717) is 36.1 Å². The number of pyridine rings is 1. The van der Waals surface area contributed by atoms with Crippen LogP contribution in [-0.4, -0.2) is 38.7 Å². The van der Waals surface area contributed by atoms with Crippen molar-refractivity contribution in [3.63, 3.8) is 0 Å². The second-order valence-corrected chi connectivity index (χ2v) is 7.72. The number of hydrogen-bond acceptors (Lipinski definition) is 4. The molecule has 28 heavy (non-hydrogen) atoms. The fraction of sp³-hybridized carbons (Fsp3) is 0.333. The standard InChI is InChI=1S/C21H20N4O3/c26-19-7-3-6-18-14-8-13(11-25(18)19)10-24(12-14)20(27)9-17-15-4-1-2-5-16(15)21(28)23-22-17/h1-7,13-14H,8-12H2,(H,23,28)/t13-,14+/m1/s1. The molecule has 0 radical (unpaired) electrons. The van der Waals surface area contributed by atoms with Crippen molar-refractivity contribution in [2.45, 2.75) is 25.3 Å². The first-order valence-electron chi connectivity index (χ1n) is 9.54. The van der Waals surface area contributed by atoms with Gasteiger partial charge in [0.2, 0.25) is 5.91 Å². The zero-order valence-electron chi connectivity index (χ0n) is 15.3. The van der Waals surface area contributed by atoms with Crippen molar-refractivity contribution in [1.82, 2.24) is 19.7 Å². The summed E-state index contributed by atoms with van der Waals surface area (Å²) < 4.78 is 1.86. The SMILES string of the molecule is O=C(Cc1n[nH]c(=O)c2ccccc12)N1C[C@H]2C[C@@H](C1)c1cccc(=O)n1C2. The van der Waals surface area contributed by atoms with Crippen LogP contribution in [0.2, 0.25) is 0 Å². The molecule has 2 aliphatic heterocycles. The lowest BCUT2D eigenvalue weighted by molar-refractivity contribution is -0.133. The Labute approximate surface area is 160 Å². The van der Waals surface area contributed by atoms with E-state index in [0.717, 1.165) is 12.1 Å². The number of H-pyrrole nitrogens is 1. The molecule has 2 bridgehead atoms. The topological polar surface area (TPSA) is 88.1 Å². The maximum atomic E-state index is 13.0. The van der Waals surface area contributed by atoms with Crippen molar-refractivity contribution in [2.24, 2.45) is 5.92 Å². The van der Waals surface area contributed by atoms with Gasteiger partial charge in [-0.05, 0) is 24.5 Å². The minimum atomic E-state index is -0.249. The summed E-state index contributed by atoms with van der Waals surface area (Å²) in [4.78, 5) is 39.0. The van der Waals surface area contributed by atoms with E-state index in [-0.39, 0.29) is 35.3 Å². The largest absolute Gasteiger partial charge is 0.341 e. The lowest BCUT2D eigenvalue weighted by atomic mass is 9.83. The van der Waals surface area contributed by atoms with Gasteiger partial charge in [-0.1, -0.05) is 24.3 Å². The van der Waals surface area contributed by atoms with Gasteiger partial charge in [-0.25, -0.2) is 5.10 Å². The predicted molar refractivity (Wildman–Crippen MR) is 104 cm³/mol. The fourth-order valence-corrected chi connectivity index (χ4v) is 4.66. The van der Waals surface area contributed by atoms with Crippen molar-refractivity contribution < 1.29 is 4.79 Å². The molecule has 0 aliphatic carbocycles. The van der Waals surface area contributed by atoms with Crippen LogP contribution in [0.25, 0.3) is 10.8 Å². The molecule has 7 nitrogen and oxygen atoms in total. The number of carbonyl (C=O) groups excluding carboxylic acids is 1. The van der Waals surface area contributed by atoms with Crippen molar-refractivity contribution in [3.05, 3.63) is 74.6 Å². The Morgan fingerprint density at radius 2 is 1.86 bits per heavy atom. The van der Waals surface area contributed by atoms with E-state index in [2.05, 4.69) is 10.2 Å². The number of aromatic amines is 1. The molecule has 3 aromatic rings. The number of rotatable bonds is 2. The number of piperidine rings is 1. The smallest absolute Gasteiger partial charge is 0.272 e. The highest BCUT2D eigenvalue weighted by Gasteiger charge is 2.36. The average molecular weight is 376 g/mol. The van der Waals surface area contributed by atoms with Crippen molar-refractivity contribution in [1.29, 1.82) is 0 Å². The van der Waals surface area contributed by atoms with Crippen molar-refractivity contribution in [3.8, 4) is 0 Å². The third kappa shape index (κ3) is 2.74. The second-order valence-electron chi connectivity index (χ2n) is 7.72. The molecule has 142 valence electrons. The molecule has 0 saturated carbocycles. The van der Waals surface area contributed by atoms with Crippen LogP contribution in [0.1, 0.15) is 23.7 Å². The Morgan fingerprint density at radius 3 is 2.71 bits per heavy atom. The molecule has 2 aromatic heterocycles. The molecule has 0 spiro atoms. The first kappa shape index (κ1) is 16.9. The number of hydrogen-bond donors (Lipinski definition) is 1. The van der Waals surface area contributed by atoms with Gasteiger partial charge in [-0.2, -0.15) is 5.10 Å². The van der Waals surface area contributed by atoms with Gasteiger partial charge in [0.05, 0.1) is 17.5 Å². The summed E-state index contributed by atoms with van der Waals surface area (Å²) in [6.07, 6.45) is 1.16. The highest BCUT2D eigenvalue weighted by Crippen LogP contribution is 2.35. The molecule has 1 saturated heterocycles. The van der Waals surface area contributed by atoms with Crippen molar-refractivity contribution >= 4 is 16.7 Å². The number of amides is 1. The number of fused-ring (bicyclic) bond motifs is 5. The third-order valence-electron chi connectivity index (χ3n) is 5.93. The second kappa shape index (κ2) is 6.44. The van der Waals surface area contributed by atoms with E-state index in [9.17, 15) is 14.4 Å². The minimum absolute atomic E-state index is 0.00568. The average Bonchev–Trinajstić information content (AvgIpc) is 2.71. The molecule has 0 unspecified atom stereocenters. The van der Waals surface area contributed by atoms with Crippen LogP contribution >= 0.6 is 0 Å². The van der Waals surface area contributed by atoms with Gasteiger partial charge < -0.3 is 9.47 Å². The Balaban J connectivity index is 1.42. The maximum absolute atomic E-state index is 13.0. The summed E-state index contributed by atoms with van der Waals surface area (Å²) in [5.74, 6) is 0.479. The van der Waals surface area contributed by atoms with Gasteiger partial charge in [0.25, 0.3) is 11.1 Å². The zero-order chi connectivity index (χ0) is 19.3. The minimum Gasteiger partial charge on any atom is -0.341 e. The van der Waals surface area contributed by atoms with E-state index >= 15 is 0 Å². The lowest BCUT2D eigenvalue weighted by Crippen LogP contribution is -2.49. The molecule has 1 N–H and O–H groups in total. The number of nitrogens with one attached hydrogen (secondary N) is 1. The van der Waals surface area contributed by atoms with Crippen LogP contribution in [0.4, 0.5) is 0 Å². The van der Waals surface area contributed by atoms with Gasteiger partial charge in [0.15, 0.2) is 0 Å². The number of aromatic nitrogens is 3. The highest BCUT2D eigenvalue weighted by atomic mass is 16.2. The monoisotopic (exact) mass is 376 g/mol. The first-order valence-corrected chi connectivity index (χ1v) is 9.54. The lowest BCUT2D eigenvalue weighted by Gasteiger charge is -2.42. The van der Waals surface area contributed by atoms with E-state index in [1.54, 1.807) is 24.3 Å². The molecule has 1 amide bonds. The summed E-state index contributed by atoms with van der Waals surface area (Å²) in [6, 6.07) is 12.6. The summed E-state index contributed by atoms with van der Waals surface area (Å²) >= 11 is 0. The summed E-state index contributed by atoms with van der Waals surface area (Å²) in [5.41, 5.74) is 1.40. The highest BCUT2D eigenvalue weighted by molar-refractivity contribution is 5.88. The molecule has 2 aliphatic rings. The van der Waals surface area contributed by atoms with Crippen LogP contribution in [0.3, 0.4) is 0 Å². The fourth-order valence-electron chi connectivity index (χ4n) is 4.66. The van der Waals surface area contributed by atoms with Crippen LogP contribution < -0.4 is 11.1 Å². The molecule has 1 aromatic carbocycles. The van der Waals surface area contributed by atoms with Crippen LogP contribution in [-0.2, 0) is 17.8 Å². The number of likely N-dealkylation sites (tertiary alicyclic amines) is 1. The molecule has 4 heterocycles. The Bertz CT molecular complexity index is 1200. The van der Waals surface area contributed by atoms with E-state index in [1.165, 1.54) is 0 Å². The van der Waals surface area contributed by atoms with Gasteiger partial charge >= 0.3 is 0 Å². The predicted octanol–water partition coefficient (Wildman–Crippen LogP) is 1.27. The number of benzene rings is 1. The summed E-state index contributed by atoms with van der Waals surface area (Å²) in [5, 5.41) is 7.89. The van der Waals surface area contributed by atoms with Crippen LogP contribution in [0.5, 0.6) is 0 Å². The van der Waals surface area contributed by atoms with Gasteiger partial charge in [0.1, 0.15) is 0 Å². The van der Waals surface area contributed by atoms with E-state index < -0.39 is 0 Å². The third-order valence-corrected chi connectivity index (χ3v) is 5.93. The summed E-state index contributed by atoms with van der Waals surface area (Å²) in [7, 11) is 0. The number of carbonyl (C=O) groups is 1. The Morgan fingerprint density at radius 1 is 1.04 bits per heavy atom. The quantitative estimate of drug-likeness (QED) is 0.730. The molecule has 5 rings (SSSR count). The van der Waals surface area contributed by atoms with Crippen molar-refractivity contribution in [2.75, 3.05) is 13.1 Å². The first-order chi connectivity index (χ1) is 13.6. The molecular weight excluding hydrogens is 356 g/mol. The van der Waals surface area contributed by atoms with Gasteiger partial charge in [-0.15, -0.1) is 0 Å². The van der Waals surface area contributed by atoms with Gasteiger partial charge in [-0.3, -0.25) is 14.4 Å². The molecular formula is C21H20N4O3. The van der Waals surface area contributed by atoms with Crippen LogP contribution in [0, 0.1) is 5.92 Å². The Kier molecular flexibility index (Phi) is 3.89. The molecule has 2 atom stereocenters. The Hall–Kier alpha value is -3.22. The zero-order valence-corrected chi connectivity index (χ0v) is 15.3. The molecule has 1 fully saturated rings.